The average Bonchev–Trinajstić information content (AvgIpc) is 4.35. The maximum Gasteiger partial charge on any atom is 0.450 e. The second-order valence-electron chi connectivity index (χ2n) is 16.4. The van der Waals surface area contributed by atoms with E-state index in [4.69, 9.17) is 95.7 Å². The van der Waals surface area contributed by atoms with Gasteiger partial charge in [-0.3, -0.25) is 0 Å². The number of ether oxygens (including phenoxy) is 2. The molecule has 0 aliphatic carbocycles. The number of rotatable bonds is 12. The van der Waals surface area contributed by atoms with Crippen molar-refractivity contribution in [1.82, 2.24) is 20.4 Å². The van der Waals surface area contributed by atoms with E-state index in [-0.39, 0.29) is 101 Å². The summed E-state index contributed by atoms with van der Waals surface area (Å²) in [6.45, 7) is 0. The Bertz CT molecular complexity index is 3980. The second-order valence-corrected chi connectivity index (χ2v) is 18.5. The van der Waals surface area contributed by atoms with Crippen LogP contribution in [0.4, 0.5) is 35.1 Å². The summed E-state index contributed by atoms with van der Waals surface area (Å²) in [4.78, 5) is 0. The molecule has 4 heterocycles. The summed E-state index contributed by atoms with van der Waals surface area (Å²) in [6.07, 6.45) is -10.3. The second kappa shape index (κ2) is 22.9. The molecule has 79 heavy (non-hydrogen) atoms. The molecular weight excluding hydrogens is 1160 g/mol. The van der Waals surface area contributed by atoms with E-state index in [0.717, 1.165) is 12.1 Å². The van der Waals surface area contributed by atoms with Crippen molar-refractivity contribution < 1.29 is 62.3 Å². The van der Waals surface area contributed by atoms with Crippen LogP contribution in [0.2, 0.25) is 25.1 Å². The molecule has 0 saturated heterocycles. The summed E-state index contributed by atoms with van der Waals surface area (Å²) in [7, 11) is 0. The summed E-state index contributed by atoms with van der Waals surface area (Å²) in [5.41, 5.74) is 0.231. The first-order chi connectivity index (χ1) is 37.6. The van der Waals surface area contributed by atoms with Crippen molar-refractivity contribution in [3.05, 3.63) is 210 Å². The molecule has 0 saturated carbocycles. The first kappa shape index (κ1) is 55.4. The Morgan fingerprint density at radius 1 is 0.468 bits per heavy atom. The van der Waals surface area contributed by atoms with Gasteiger partial charge in [0.1, 0.15) is 23.0 Å². The van der Waals surface area contributed by atoms with E-state index >= 15 is 8.78 Å². The largest absolute Gasteiger partial charge is 0.453 e. The Hall–Kier alpha value is -8.37. The Morgan fingerprint density at radius 2 is 0.886 bits per heavy atom. The van der Waals surface area contributed by atoms with Crippen molar-refractivity contribution in [2.45, 2.75) is 25.2 Å². The van der Waals surface area contributed by atoms with Crippen molar-refractivity contribution >= 4 is 58.0 Å². The predicted octanol–water partition coefficient (Wildman–Crippen LogP) is 18.1. The molecule has 0 aliphatic heterocycles. The lowest BCUT2D eigenvalue weighted by atomic mass is 10.1. The average molecular weight is 1180 g/mol. The Labute approximate surface area is 464 Å². The van der Waals surface area contributed by atoms with Crippen LogP contribution in [-0.4, -0.2) is 20.4 Å². The molecule has 0 aliphatic rings. The minimum absolute atomic E-state index is 0.00206. The summed E-state index contributed by atoms with van der Waals surface area (Å²) in [5, 5.41) is 33.9. The zero-order valence-corrected chi connectivity index (χ0v) is 42.9. The van der Waals surface area contributed by atoms with Gasteiger partial charge in [-0.15, -0.1) is 20.4 Å². The summed E-state index contributed by atoms with van der Waals surface area (Å²) in [6, 6.07) is 34.0. The molecule has 4 aromatic heterocycles. The topological polar surface area (TPSA) is 170 Å². The number of nitrogens with zero attached hydrogens (tertiary/aromatic N) is 6. The summed E-state index contributed by atoms with van der Waals surface area (Å²) >= 11 is 30.1. The minimum Gasteiger partial charge on any atom is -0.453 e. The monoisotopic (exact) mass is 1180 g/mol. The van der Waals surface area contributed by atoms with Gasteiger partial charge in [0.25, 0.3) is 11.8 Å². The third kappa shape index (κ3) is 12.8. The lowest BCUT2D eigenvalue weighted by Crippen LogP contribution is -2.04. The van der Waals surface area contributed by atoms with Crippen LogP contribution in [0.15, 0.2) is 145 Å². The highest BCUT2D eigenvalue weighted by Gasteiger charge is 2.42. The maximum atomic E-state index is 15.4. The van der Waals surface area contributed by atoms with Gasteiger partial charge < -0.3 is 27.1 Å². The fourth-order valence-electron chi connectivity index (χ4n) is 7.43. The Balaban J connectivity index is 0.000000192. The van der Waals surface area contributed by atoms with Crippen molar-refractivity contribution in [3.8, 4) is 80.7 Å². The van der Waals surface area contributed by atoms with Crippen LogP contribution in [-0.2, 0) is 25.2 Å². The van der Waals surface area contributed by atoms with Gasteiger partial charge in [-0.25, -0.2) is 8.78 Å². The molecule has 0 spiro atoms. The molecule has 10 aromatic rings. The van der Waals surface area contributed by atoms with E-state index in [9.17, 15) is 26.3 Å². The van der Waals surface area contributed by atoms with Crippen molar-refractivity contribution in [2.75, 3.05) is 0 Å². The lowest BCUT2D eigenvalue weighted by molar-refractivity contribution is -0.152. The fourth-order valence-corrected chi connectivity index (χ4v) is 8.38. The third-order valence-electron chi connectivity index (χ3n) is 10.9. The standard InChI is InChI=1S/C27H12Cl3F4N3O3.C27H13Cl2F4N3O3/c28-16-4-1-14(2-5-16)21-11-19(25(39-21)27(32,33)34)26-37-36-22(40-26)9-15-3-6-20(30)24(23(15)31)38-18-8-13(12-35)7-17(29)10-18;28-17-8-14(13-34)9-18(11-17)37-24-20(29)7-6-16(23(24)30)10-22-35-36-26(39-22)19-12-21(15-4-2-1-3-5-15)38-25(19)27(31,32)33/h1-8,10-11H,9H2;1-9,11-12H,10H2. The van der Waals surface area contributed by atoms with Crippen LogP contribution in [0.25, 0.3) is 45.6 Å². The summed E-state index contributed by atoms with van der Waals surface area (Å²) in [5.74, 6) is -6.34. The van der Waals surface area contributed by atoms with Crippen molar-refractivity contribution in [2.24, 2.45) is 0 Å². The number of alkyl halides is 6. The molecule has 0 N–H and O–H groups in total. The molecule has 12 nitrogen and oxygen atoms in total. The van der Waals surface area contributed by atoms with Crippen LogP contribution in [0.5, 0.6) is 23.0 Å². The molecule has 25 heteroatoms. The third-order valence-corrected chi connectivity index (χ3v) is 12.2. The smallest absolute Gasteiger partial charge is 0.450 e. The van der Waals surface area contributed by atoms with Crippen LogP contribution in [0.3, 0.4) is 0 Å². The minimum atomic E-state index is -4.87. The zero-order valence-electron chi connectivity index (χ0n) is 39.1. The van der Waals surface area contributed by atoms with Crippen LogP contribution < -0.4 is 9.47 Å². The van der Waals surface area contributed by atoms with E-state index in [0.29, 0.717) is 16.1 Å². The molecule has 398 valence electrons. The highest BCUT2D eigenvalue weighted by atomic mass is 35.5. The first-order valence-corrected chi connectivity index (χ1v) is 24.1. The van der Waals surface area contributed by atoms with Gasteiger partial charge >= 0.3 is 12.4 Å². The maximum absolute atomic E-state index is 15.4. The number of benzene rings is 6. The van der Waals surface area contributed by atoms with Gasteiger partial charge in [0.05, 0.1) is 57.3 Å². The van der Waals surface area contributed by atoms with Gasteiger partial charge in [0.15, 0.2) is 23.1 Å². The van der Waals surface area contributed by atoms with Crippen LogP contribution >= 0.6 is 58.0 Å². The molecular formula is C54H25Cl5F8N6O6. The van der Waals surface area contributed by atoms with E-state index < -0.39 is 58.4 Å². The van der Waals surface area contributed by atoms with Gasteiger partial charge in [-0.2, -0.15) is 36.9 Å². The van der Waals surface area contributed by atoms with Crippen LogP contribution in [0.1, 0.15) is 45.6 Å². The van der Waals surface area contributed by atoms with Gasteiger partial charge in [-0.05, 0) is 84.9 Å². The number of nitriles is 2. The fraction of sp³-hybridized carbons (Fsp3) is 0.0741. The van der Waals surface area contributed by atoms with Crippen LogP contribution in [0, 0.1) is 34.3 Å². The quantitative estimate of drug-likeness (QED) is 0.106. The number of hydrogen-bond donors (Lipinski definition) is 0. The molecule has 0 amide bonds. The van der Waals surface area contributed by atoms with Gasteiger partial charge in [0, 0.05) is 37.3 Å². The zero-order chi connectivity index (χ0) is 56.3. The SMILES string of the molecule is N#Cc1cc(Cl)cc(Oc2c(Cl)ccc(Cc3nnc(-c4cc(-c5ccc(Cl)cc5)oc4C(F)(F)F)o3)c2F)c1.N#Cc1cc(Cl)cc(Oc2c(Cl)ccc(Cc3nnc(-c4cc(-c5ccccc5)oc4C(F)(F)F)o3)c2F)c1. The number of halogens is 13. The molecule has 10 rings (SSSR count). The molecule has 0 unspecified atom stereocenters. The normalized spacial score (nSPS) is 11.4. The van der Waals surface area contributed by atoms with E-state index in [1.54, 1.807) is 30.3 Å². The van der Waals surface area contributed by atoms with E-state index in [1.807, 2.05) is 12.1 Å². The number of aromatic nitrogens is 4. The molecule has 0 bridgehead atoms. The molecule has 0 atom stereocenters. The number of furan rings is 2. The molecule has 0 radical (unpaired) electrons. The van der Waals surface area contributed by atoms with Gasteiger partial charge in [-0.1, -0.05) is 100 Å². The molecule has 0 fully saturated rings. The van der Waals surface area contributed by atoms with Gasteiger partial charge in [0.2, 0.25) is 23.3 Å². The van der Waals surface area contributed by atoms with E-state index in [1.165, 1.54) is 84.9 Å². The number of hydrogen-bond acceptors (Lipinski definition) is 12. The predicted molar refractivity (Wildman–Crippen MR) is 271 cm³/mol. The highest BCUT2D eigenvalue weighted by molar-refractivity contribution is 6.33. The highest BCUT2D eigenvalue weighted by Crippen LogP contribution is 2.44. The Kier molecular flexibility index (Phi) is 16.1. The lowest BCUT2D eigenvalue weighted by Gasteiger charge is -2.11. The van der Waals surface area contributed by atoms with E-state index in [2.05, 4.69) is 20.4 Å². The Morgan fingerprint density at radius 3 is 1.29 bits per heavy atom. The first-order valence-electron chi connectivity index (χ1n) is 22.2. The van der Waals surface area contributed by atoms with Crippen molar-refractivity contribution in [3.63, 3.8) is 0 Å². The summed E-state index contributed by atoms with van der Waals surface area (Å²) < 4.78 is 145. The molecule has 6 aromatic carbocycles. The van der Waals surface area contributed by atoms with Crippen molar-refractivity contribution in [1.29, 1.82) is 10.5 Å².